The van der Waals surface area contributed by atoms with E-state index < -0.39 is 5.60 Å². The number of nitrogens with zero attached hydrogens (tertiary/aromatic N) is 1. The van der Waals surface area contributed by atoms with Crippen molar-refractivity contribution >= 4 is 6.08 Å². The smallest absolute Gasteiger partial charge is 0.128 e. The third kappa shape index (κ3) is 4.59. The van der Waals surface area contributed by atoms with E-state index in [4.69, 9.17) is 4.74 Å². The molecule has 1 aliphatic carbocycles. The summed E-state index contributed by atoms with van der Waals surface area (Å²) in [5, 5.41) is 19.3. The van der Waals surface area contributed by atoms with Crippen LogP contribution in [0, 0.1) is 5.92 Å². The van der Waals surface area contributed by atoms with E-state index in [-0.39, 0.29) is 0 Å². The first-order valence-corrected chi connectivity index (χ1v) is 10.9. The Morgan fingerprint density at radius 1 is 1.37 bits per heavy atom. The molecule has 3 rings (SSSR count). The van der Waals surface area contributed by atoms with Crippen molar-refractivity contribution < 1.29 is 9.84 Å². The maximum absolute atomic E-state index is 11.5. The molecule has 1 fully saturated rings. The molecule has 0 aliphatic heterocycles. The summed E-state index contributed by atoms with van der Waals surface area (Å²) in [5.74, 6) is 1.40. The Labute approximate surface area is 180 Å². The molecule has 160 valence electrons. The average molecular weight is 407 g/mol. The van der Waals surface area contributed by atoms with Gasteiger partial charge >= 0.3 is 0 Å². The molecule has 2 N–H and O–H groups in total. The molecule has 0 radical (unpaired) electrons. The summed E-state index contributed by atoms with van der Waals surface area (Å²) < 4.78 is 5.67. The van der Waals surface area contributed by atoms with Crippen LogP contribution in [0.5, 0.6) is 5.75 Å². The number of aliphatic hydroxyl groups is 1. The molecule has 0 bridgehead atoms. The lowest BCUT2D eigenvalue weighted by Crippen LogP contribution is -2.24. The topological polar surface area (TPSA) is 58.1 Å². The zero-order chi connectivity index (χ0) is 21.7. The number of aromatic nitrogens is 2. The number of aryl methyl sites for hydroxylation is 1. The highest BCUT2D eigenvalue weighted by atomic mass is 16.5. The molecule has 4 nitrogen and oxygen atoms in total. The molecular formula is C26H34N2O2. The van der Waals surface area contributed by atoms with Crippen LogP contribution >= 0.6 is 0 Å². The fourth-order valence-corrected chi connectivity index (χ4v) is 4.27. The quantitative estimate of drug-likeness (QED) is 0.426. The van der Waals surface area contributed by atoms with Gasteiger partial charge in [-0.2, -0.15) is 5.10 Å². The predicted octanol–water partition coefficient (Wildman–Crippen LogP) is 6.19. The summed E-state index contributed by atoms with van der Waals surface area (Å²) in [4.78, 5) is 0. The van der Waals surface area contributed by atoms with Crippen molar-refractivity contribution in [3.05, 3.63) is 65.9 Å². The lowest BCUT2D eigenvalue weighted by Gasteiger charge is -2.28. The van der Waals surface area contributed by atoms with Gasteiger partial charge in [-0.1, -0.05) is 57.7 Å². The van der Waals surface area contributed by atoms with Crippen LogP contribution in [0.15, 0.2) is 49.1 Å². The molecule has 2 unspecified atom stereocenters. The Morgan fingerprint density at radius 2 is 2.17 bits per heavy atom. The molecule has 4 heteroatoms. The van der Waals surface area contributed by atoms with Crippen LogP contribution in [-0.4, -0.2) is 22.4 Å². The van der Waals surface area contributed by atoms with Gasteiger partial charge in [-0.25, -0.2) is 0 Å². The van der Waals surface area contributed by atoms with Gasteiger partial charge in [0.15, 0.2) is 0 Å². The van der Waals surface area contributed by atoms with E-state index in [9.17, 15) is 5.11 Å². The second-order valence-corrected chi connectivity index (χ2v) is 8.41. The van der Waals surface area contributed by atoms with Gasteiger partial charge in [0, 0.05) is 16.8 Å². The summed E-state index contributed by atoms with van der Waals surface area (Å²) in [6, 6.07) is 6.01. The minimum Gasteiger partial charge on any atom is -0.496 e. The number of allylic oxidation sites excluding steroid dienone is 3. The van der Waals surface area contributed by atoms with Crippen LogP contribution in [0.25, 0.3) is 17.3 Å². The first-order chi connectivity index (χ1) is 14.4. The summed E-state index contributed by atoms with van der Waals surface area (Å²) in [6.07, 6.45) is 11.3. The van der Waals surface area contributed by atoms with Crippen molar-refractivity contribution in [3.8, 4) is 17.0 Å². The molecule has 1 aromatic heterocycles. The van der Waals surface area contributed by atoms with Gasteiger partial charge in [0.05, 0.1) is 12.7 Å². The number of hydrogen-bond donors (Lipinski definition) is 2. The highest BCUT2D eigenvalue weighted by molar-refractivity contribution is 5.78. The Bertz CT molecular complexity index is 941. The molecule has 0 amide bonds. The van der Waals surface area contributed by atoms with E-state index in [0.717, 1.165) is 71.5 Å². The second-order valence-electron chi connectivity index (χ2n) is 8.41. The highest BCUT2D eigenvalue weighted by Crippen LogP contribution is 2.41. The number of hydrogen-bond acceptors (Lipinski definition) is 3. The second kappa shape index (κ2) is 9.48. The molecule has 0 spiro atoms. The van der Waals surface area contributed by atoms with E-state index in [1.807, 2.05) is 24.3 Å². The number of ether oxygens (including phenoxy) is 1. The van der Waals surface area contributed by atoms with E-state index in [1.165, 1.54) is 6.42 Å². The predicted molar refractivity (Wildman–Crippen MR) is 124 cm³/mol. The number of methoxy groups -OCH3 is 1. The summed E-state index contributed by atoms with van der Waals surface area (Å²) in [5.41, 5.74) is 4.75. The van der Waals surface area contributed by atoms with Gasteiger partial charge < -0.3 is 9.84 Å². The highest BCUT2D eigenvalue weighted by Gasteiger charge is 2.32. The number of rotatable bonds is 7. The van der Waals surface area contributed by atoms with E-state index in [0.29, 0.717) is 5.92 Å². The van der Waals surface area contributed by atoms with Crippen LogP contribution in [-0.2, 0) is 12.0 Å². The summed E-state index contributed by atoms with van der Waals surface area (Å²) in [6.45, 7) is 12.1. The molecule has 30 heavy (non-hydrogen) atoms. The van der Waals surface area contributed by atoms with E-state index >= 15 is 0 Å². The van der Waals surface area contributed by atoms with Crippen LogP contribution in [0.4, 0.5) is 0 Å². The molecule has 1 aliphatic rings. The molecular weight excluding hydrogens is 372 g/mol. The van der Waals surface area contributed by atoms with E-state index in [1.54, 1.807) is 13.2 Å². The third-order valence-electron chi connectivity index (χ3n) is 6.29. The van der Waals surface area contributed by atoms with Crippen molar-refractivity contribution in [2.75, 3.05) is 7.11 Å². The van der Waals surface area contributed by atoms with Crippen molar-refractivity contribution in [1.29, 1.82) is 0 Å². The molecule has 2 atom stereocenters. The molecule has 1 heterocycles. The summed E-state index contributed by atoms with van der Waals surface area (Å²) >= 11 is 0. The number of nitrogens with one attached hydrogen (secondary N) is 1. The number of aromatic amines is 1. The van der Waals surface area contributed by atoms with Gasteiger partial charge in [0.2, 0.25) is 0 Å². The lowest BCUT2D eigenvalue weighted by molar-refractivity contribution is 0.0198. The first kappa shape index (κ1) is 22.1. The van der Waals surface area contributed by atoms with Crippen LogP contribution in [0.3, 0.4) is 0 Å². The molecule has 1 saturated carbocycles. The fourth-order valence-electron chi connectivity index (χ4n) is 4.27. The van der Waals surface area contributed by atoms with Crippen molar-refractivity contribution in [1.82, 2.24) is 10.2 Å². The van der Waals surface area contributed by atoms with E-state index in [2.05, 4.69) is 43.3 Å². The van der Waals surface area contributed by atoms with Gasteiger partial charge in [0.25, 0.3) is 0 Å². The lowest BCUT2D eigenvalue weighted by atomic mass is 9.84. The van der Waals surface area contributed by atoms with Gasteiger partial charge in [-0.05, 0) is 61.3 Å². The van der Waals surface area contributed by atoms with Crippen molar-refractivity contribution in [2.24, 2.45) is 5.92 Å². The fraction of sp³-hybridized carbons (Fsp3) is 0.423. The average Bonchev–Trinajstić information content (AvgIpc) is 3.09. The monoisotopic (exact) mass is 406 g/mol. The Balaban J connectivity index is 2.09. The minimum absolute atomic E-state index is 0.657. The SMILES string of the molecule is C=CC(=C)/C=C\c1c(-c2cc(C3(O)CCCC(C)CC3)ccc2OC)n[nH]c1CC. The molecule has 2 aromatic rings. The minimum atomic E-state index is -0.803. The van der Waals surface area contributed by atoms with Crippen LogP contribution in [0.1, 0.15) is 62.8 Å². The van der Waals surface area contributed by atoms with Gasteiger partial charge in [-0.15, -0.1) is 0 Å². The zero-order valence-corrected chi connectivity index (χ0v) is 18.5. The van der Waals surface area contributed by atoms with Gasteiger partial charge in [0.1, 0.15) is 11.4 Å². The Kier molecular flexibility index (Phi) is 6.99. The van der Waals surface area contributed by atoms with Crippen molar-refractivity contribution in [3.63, 3.8) is 0 Å². The maximum atomic E-state index is 11.5. The summed E-state index contributed by atoms with van der Waals surface area (Å²) in [7, 11) is 1.67. The number of H-pyrrole nitrogens is 1. The Morgan fingerprint density at radius 3 is 2.87 bits per heavy atom. The maximum Gasteiger partial charge on any atom is 0.128 e. The van der Waals surface area contributed by atoms with Crippen LogP contribution < -0.4 is 4.74 Å². The largest absolute Gasteiger partial charge is 0.496 e. The number of benzene rings is 1. The van der Waals surface area contributed by atoms with Crippen LogP contribution in [0.2, 0.25) is 0 Å². The zero-order valence-electron chi connectivity index (χ0n) is 18.5. The molecule has 1 aromatic carbocycles. The molecule has 0 saturated heterocycles. The standard InChI is InChI=1S/C26H34N2O2/c1-6-18(3)10-12-21-23(7-2)27-28-25(21)22-17-20(11-13-24(22)30-5)26(29)15-8-9-19(4)14-16-26/h6,10-13,17,19,29H,1,3,7-9,14-16H2,2,4-5H3,(H,27,28)/b12-10-. The van der Waals surface area contributed by atoms with Gasteiger partial charge in [-0.3, -0.25) is 5.10 Å². The normalized spacial score (nSPS) is 22.1. The Hall–Kier alpha value is -2.59. The third-order valence-corrected chi connectivity index (χ3v) is 6.29. The van der Waals surface area contributed by atoms with Crippen molar-refractivity contribution in [2.45, 2.75) is 58.0 Å². The first-order valence-electron chi connectivity index (χ1n) is 10.9.